The van der Waals surface area contributed by atoms with Crippen LogP contribution in [-0.2, 0) is 6.42 Å². The second kappa shape index (κ2) is 3.19. The SMILES string of the molecule is Fc1cc(C[C@]23CNCC2C3)ccc1Cl. The Morgan fingerprint density at radius 2 is 2.40 bits per heavy atom. The van der Waals surface area contributed by atoms with Gasteiger partial charge in [-0.25, -0.2) is 4.39 Å². The number of halogens is 2. The van der Waals surface area contributed by atoms with Gasteiger partial charge in [-0.05, 0) is 48.4 Å². The second-order valence-electron chi connectivity index (χ2n) is 4.82. The van der Waals surface area contributed by atoms with Gasteiger partial charge in [0.25, 0.3) is 0 Å². The summed E-state index contributed by atoms with van der Waals surface area (Å²) in [6.07, 6.45) is 2.28. The first-order chi connectivity index (χ1) is 7.20. The Morgan fingerprint density at radius 3 is 3.00 bits per heavy atom. The molecule has 0 aromatic heterocycles. The van der Waals surface area contributed by atoms with E-state index in [4.69, 9.17) is 11.6 Å². The van der Waals surface area contributed by atoms with Crippen LogP contribution in [0.25, 0.3) is 0 Å². The number of nitrogens with one attached hydrogen (secondary N) is 1. The van der Waals surface area contributed by atoms with Gasteiger partial charge in [0.1, 0.15) is 5.82 Å². The fourth-order valence-electron chi connectivity index (χ4n) is 2.77. The molecule has 1 heterocycles. The third-order valence-electron chi connectivity index (χ3n) is 3.77. The van der Waals surface area contributed by atoms with Crippen LogP contribution in [0.3, 0.4) is 0 Å². The first-order valence-corrected chi connectivity index (χ1v) is 5.72. The number of piperidine rings is 1. The maximum atomic E-state index is 13.2. The van der Waals surface area contributed by atoms with Crippen LogP contribution in [-0.4, -0.2) is 13.1 Å². The Labute approximate surface area is 93.6 Å². The molecule has 0 bridgehead atoms. The molecule has 80 valence electrons. The van der Waals surface area contributed by atoms with Crippen LogP contribution in [0.2, 0.25) is 5.02 Å². The van der Waals surface area contributed by atoms with E-state index in [9.17, 15) is 4.39 Å². The van der Waals surface area contributed by atoms with E-state index >= 15 is 0 Å². The minimum atomic E-state index is -0.297. The number of fused-ring (bicyclic) bond motifs is 1. The number of hydrogen-bond donors (Lipinski definition) is 1. The van der Waals surface area contributed by atoms with E-state index in [1.807, 2.05) is 6.07 Å². The highest BCUT2D eigenvalue weighted by Gasteiger charge is 2.56. The zero-order valence-electron chi connectivity index (χ0n) is 8.39. The first-order valence-electron chi connectivity index (χ1n) is 5.34. The van der Waals surface area contributed by atoms with Crippen LogP contribution in [0.4, 0.5) is 4.39 Å². The summed E-state index contributed by atoms with van der Waals surface area (Å²) >= 11 is 5.66. The molecule has 1 aliphatic carbocycles. The van der Waals surface area contributed by atoms with Crippen LogP contribution in [0.5, 0.6) is 0 Å². The van der Waals surface area contributed by atoms with Crippen molar-refractivity contribution in [3.8, 4) is 0 Å². The summed E-state index contributed by atoms with van der Waals surface area (Å²) in [5.74, 6) is 0.518. The molecular formula is C12H13ClFN. The molecule has 1 aromatic carbocycles. The molecule has 2 atom stereocenters. The van der Waals surface area contributed by atoms with Crippen molar-refractivity contribution < 1.29 is 4.39 Å². The lowest BCUT2D eigenvalue weighted by Crippen LogP contribution is -2.17. The predicted octanol–water partition coefficient (Wildman–Crippen LogP) is 2.63. The molecule has 1 N–H and O–H groups in total. The summed E-state index contributed by atoms with van der Waals surface area (Å²) in [7, 11) is 0. The van der Waals surface area contributed by atoms with E-state index in [1.54, 1.807) is 12.1 Å². The summed E-state index contributed by atoms with van der Waals surface area (Å²) in [6, 6.07) is 5.17. The van der Waals surface area contributed by atoms with Gasteiger partial charge >= 0.3 is 0 Å². The molecule has 1 unspecified atom stereocenters. The van der Waals surface area contributed by atoms with Crippen LogP contribution < -0.4 is 5.32 Å². The highest BCUT2D eigenvalue weighted by atomic mass is 35.5. The van der Waals surface area contributed by atoms with Gasteiger partial charge in [0.2, 0.25) is 0 Å². The van der Waals surface area contributed by atoms with Crippen LogP contribution in [0.15, 0.2) is 18.2 Å². The molecule has 1 saturated heterocycles. The molecular weight excluding hydrogens is 213 g/mol. The minimum absolute atomic E-state index is 0.216. The maximum Gasteiger partial charge on any atom is 0.142 e. The molecule has 3 rings (SSSR count). The third-order valence-corrected chi connectivity index (χ3v) is 4.07. The second-order valence-corrected chi connectivity index (χ2v) is 5.23. The fraction of sp³-hybridized carbons (Fsp3) is 0.500. The zero-order valence-corrected chi connectivity index (χ0v) is 9.15. The summed E-state index contributed by atoms with van der Waals surface area (Å²) in [5, 5.41) is 3.60. The van der Waals surface area contributed by atoms with Gasteiger partial charge in [-0.1, -0.05) is 17.7 Å². The van der Waals surface area contributed by atoms with E-state index in [-0.39, 0.29) is 10.8 Å². The normalized spacial score (nSPS) is 32.8. The summed E-state index contributed by atoms with van der Waals surface area (Å²) in [5.41, 5.74) is 1.50. The lowest BCUT2D eigenvalue weighted by Gasteiger charge is -2.11. The average molecular weight is 226 g/mol. The van der Waals surface area contributed by atoms with Gasteiger partial charge < -0.3 is 5.32 Å². The molecule has 0 radical (unpaired) electrons. The van der Waals surface area contributed by atoms with Gasteiger partial charge in [0, 0.05) is 6.54 Å². The van der Waals surface area contributed by atoms with Crippen molar-refractivity contribution in [2.75, 3.05) is 13.1 Å². The molecule has 1 saturated carbocycles. The quantitative estimate of drug-likeness (QED) is 0.816. The number of rotatable bonds is 2. The predicted molar refractivity (Wildman–Crippen MR) is 58.5 cm³/mol. The van der Waals surface area contributed by atoms with Crippen LogP contribution >= 0.6 is 11.6 Å². The van der Waals surface area contributed by atoms with Crippen molar-refractivity contribution >= 4 is 11.6 Å². The lowest BCUT2D eigenvalue weighted by molar-refractivity contribution is 0.509. The van der Waals surface area contributed by atoms with E-state index in [2.05, 4.69) is 5.32 Å². The molecule has 15 heavy (non-hydrogen) atoms. The van der Waals surface area contributed by atoms with E-state index in [0.717, 1.165) is 31.0 Å². The van der Waals surface area contributed by atoms with Crippen molar-refractivity contribution in [1.82, 2.24) is 5.32 Å². The first kappa shape index (κ1) is 9.61. The van der Waals surface area contributed by atoms with Gasteiger partial charge in [-0.3, -0.25) is 0 Å². The molecule has 0 spiro atoms. The third kappa shape index (κ3) is 1.56. The number of hydrogen-bond acceptors (Lipinski definition) is 1. The standard InChI is InChI=1S/C12H13ClFN/c13-10-2-1-8(3-11(10)14)4-12-5-9(12)6-15-7-12/h1-3,9,15H,4-7H2/t9?,12-/m0/s1. The maximum absolute atomic E-state index is 13.2. The smallest absolute Gasteiger partial charge is 0.142 e. The van der Waals surface area contributed by atoms with Crippen molar-refractivity contribution in [1.29, 1.82) is 0 Å². The molecule has 2 fully saturated rings. The monoisotopic (exact) mass is 225 g/mol. The van der Waals surface area contributed by atoms with Crippen LogP contribution in [0, 0.1) is 17.2 Å². The van der Waals surface area contributed by atoms with Crippen molar-refractivity contribution in [2.24, 2.45) is 11.3 Å². The van der Waals surface area contributed by atoms with E-state index < -0.39 is 0 Å². The minimum Gasteiger partial charge on any atom is -0.316 e. The molecule has 0 amide bonds. The van der Waals surface area contributed by atoms with Gasteiger partial charge in [0.15, 0.2) is 0 Å². The molecule has 3 heteroatoms. The molecule has 2 aliphatic rings. The lowest BCUT2D eigenvalue weighted by atomic mass is 9.96. The number of benzene rings is 1. The Morgan fingerprint density at radius 1 is 1.53 bits per heavy atom. The topological polar surface area (TPSA) is 12.0 Å². The largest absolute Gasteiger partial charge is 0.316 e. The molecule has 1 aliphatic heterocycles. The van der Waals surface area contributed by atoms with Crippen LogP contribution in [0.1, 0.15) is 12.0 Å². The Balaban J connectivity index is 1.80. The van der Waals surface area contributed by atoms with Crippen molar-refractivity contribution in [2.45, 2.75) is 12.8 Å². The summed E-state index contributed by atoms with van der Waals surface area (Å²) < 4.78 is 13.2. The average Bonchev–Trinajstić information content (AvgIpc) is 2.74. The van der Waals surface area contributed by atoms with E-state index in [0.29, 0.717) is 5.41 Å². The van der Waals surface area contributed by atoms with Crippen molar-refractivity contribution in [3.63, 3.8) is 0 Å². The summed E-state index contributed by atoms with van der Waals surface area (Å²) in [6.45, 7) is 2.22. The molecule has 1 nitrogen and oxygen atoms in total. The van der Waals surface area contributed by atoms with Crippen molar-refractivity contribution in [3.05, 3.63) is 34.6 Å². The summed E-state index contributed by atoms with van der Waals surface area (Å²) in [4.78, 5) is 0. The van der Waals surface area contributed by atoms with Gasteiger partial charge in [-0.15, -0.1) is 0 Å². The Kier molecular flexibility index (Phi) is 2.05. The highest BCUT2D eigenvalue weighted by molar-refractivity contribution is 6.30. The highest BCUT2D eigenvalue weighted by Crippen LogP contribution is 2.56. The van der Waals surface area contributed by atoms with E-state index in [1.165, 1.54) is 6.42 Å². The zero-order chi connectivity index (χ0) is 10.5. The van der Waals surface area contributed by atoms with Gasteiger partial charge in [0.05, 0.1) is 5.02 Å². The molecule has 1 aromatic rings. The fourth-order valence-corrected chi connectivity index (χ4v) is 2.88. The Bertz CT molecular complexity index is 407. The Hall–Kier alpha value is -0.600. The van der Waals surface area contributed by atoms with Gasteiger partial charge in [-0.2, -0.15) is 0 Å².